The van der Waals surface area contributed by atoms with E-state index in [1.54, 1.807) is 4.90 Å². The van der Waals surface area contributed by atoms with Crippen LogP contribution in [-0.4, -0.2) is 34.9 Å². The van der Waals surface area contributed by atoms with Crippen LogP contribution in [0.15, 0.2) is 17.0 Å². The average Bonchev–Trinajstić information content (AvgIpc) is 2.69. The number of likely N-dealkylation sites (tertiary alicyclic amines) is 1. The zero-order valence-corrected chi connectivity index (χ0v) is 7.85. The Morgan fingerprint density at radius 1 is 1.71 bits per heavy atom. The molecule has 1 fully saturated rings. The molecule has 0 spiro atoms. The van der Waals surface area contributed by atoms with Crippen molar-refractivity contribution in [3.63, 3.8) is 0 Å². The lowest BCUT2D eigenvalue weighted by molar-refractivity contribution is 0.0676. The Morgan fingerprint density at radius 2 is 2.57 bits per heavy atom. The van der Waals surface area contributed by atoms with E-state index in [0.717, 1.165) is 19.4 Å². The predicted octanol–water partition coefficient (Wildman–Crippen LogP) is 0.238. The number of aromatic nitrogens is 1. The van der Waals surface area contributed by atoms with Crippen molar-refractivity contribution in [1.29, 1.82) is 0 Å². The molecule has 0 aliphatic carbocycles. The second-order valence-electron chi connectivity index (χ2n) is 3.52. The molecule has 5 nitrogen and oxygen atoms in total. The first-order valence-corrected chi connectivity index (χ1v) is 4.70. The fourth-order valence-corrected chi connectivity index (χ4v) is 1.67. The molecule has 1 aliphatic heterocycles. The van der Waals surface area contributed by atoms with Gasteiger partial charge < -0.3 is 15.1 Å². The van der Waals surface area contributed by atoms with E-state index in [4.69, 9.17) is 10.2 Å². The molecule has 0 aromatic carbocycles. The summed E-state index contributed by atoms with van der Waals surface area (Å²) < 4.78 is 4.94. The fraction of sp³-hybridized carbons (Fsp3) is 0.556. The number of amides is 1. The molecule has 0 saturated carbocycles. The van der Waals surface area contributed by atoms with Crippen molar-refractivity contribution >= 4 is 5.91 Å². The second kappa shape index (κ2) is 3.79. The van der Waals surface area contributed by atoms with Gasteiger partial charge in [0.15, 0.2) is 6.39 Å². The summed E-state index contributed by atoms with van der Waals surface area (Å²) in [4.78, 5) is 17.2. The molecule has 1 saturated heterocycles. The molecule has 0 radical (unpaired) electrons. The minimum absolute atomic E-state index is 0.0932. The number of piperidine rings is 1. The van der Waals surface area contributed by atoms with Gasteiger partial charge in [0.2, 0.25) is 5.76 Å². The third-order valence-electron chi connectivity index (χ3n) is 2.39. The van der Waals surface area contributed by atoms with Crippen molar-refractivity contribution in [3.05, 3.63) is 18.4 Å². The van der Waals surface area contributed by atoms with Crippen molar-refractivity contribution in [2.75, 3.05) is 13.1 Å². The number of oxazole rings is 1. The van der Waals surface area contributed by atoms with E-state index in [2.05, 4.69) is 4.98 Å². The SMILES string of the molecule is NC1CCCN(C(=O)c2cnco2)C1. The van der Waals surface area contributed by atoms with E-state index in [1.165, 1.54) is 12.6 Å². The average molecular weight is 195 g/mol. The molecular formula is C9H13N3O2. The van der Waals surface area contributed by atoms with Crippen LogP contribution in [0.4, 0.5) is 0 Å². The lowest BCUT2D eigenvalue weighted by Gasteiger charge is -2.29. The van der Waals surface area contributed by atoms with Crippen LogP contribution in [-0.2, 0) is 0 Å². The van der Waals surface area contributed by atoms with Gasteiger partial charge in [0.25, 0.3) is 5.91 Å². The normalized spacial score (nSPS) is 22.4. The lowest BCUT2D eigenvalue weighted by Crippen LogP contribution is -2.45. The van der Waals surface area contributed by atoms with E-state index in [0.29, 0.717) is 12.3 Å². The molecule has 1 amide bonds. The van der Waals surface area contributed by atoms with Gasteiger partial charge in [0, 0.05) is 19.1 Å². The van der Waals surface area contributed by atoms with Crippen LogP contribution < -0.4 is 5.73 Å². The zero-order valence-electron chi connectivity index (χ0n) is 7.85. The summed E-state index contributed by atoms with van der Waals surface area (Å²) in [6.07, 6.45) is 4.64. The maximum Gasteiger partial charge on any atom is 0.291 e. The number of hydrogen-bond donors (Lipinski definition) is 1. The summed E-state index contributed by atoms with van der Waals surface area (Å²) in [5, 5.41) is 0. The van der Waals surface area contributed by atoms with Crippen molar-refractivity contribution in [1.82, 2.24) is 9.88 Å². The Morgan fingerprint density at radius 3 is 3.21 bits per heavy atom. The van der Waals surface area contributed by atoms with Gasteiger partial charge >= 0.3 is 0 Å². The zero-order chi connectivity index (χ0) is 9.97. The molecule has 2 N–H and O–H groups in total. The minimum atomic E-state index is -0.113. The third kappa shape index (κ3) is 1.77. The summed E-state index contributed by atoms with van der Waals surface area (Å²) in [5.74, 6) is 0.178. The van der Waals surface area contributed by atoms with Crippen molar-refractivity contribution in [2.24, 2.45) is 5.73 Å². The van der Waals surface area contributed by atoms with Crippen LogP contribution in [0.1, 0.15) is 23.4 Å². The predicted molar refractivity (Wildman–Crippen MR) is 49.6 cm³/mol. The van der Waals surface area contributed by atoms with Gasteiger partial charge in [0.1, 0.15) is 0 Å². The summed E-state index contributed by atoms with van der Waals surface area (Å²) in [5.41, 5.74) is 5.78. The molecule has 14 heavy (non-hydrogen) atoms. The highest BCUT2D eigenvalue weighted by Crippen LogP contribution is 2.11. The summed E-state index contributed by atoms with van der Waals surface area (Å²) in [7, 11) is 0. The third-order valence-corrected chi connectivity index (χ3v) is 2.39. The summed E-state index contributed by atoms with van der Waals surface area (Å²) in [6, 6.07) is 0.0932. The van der Waals surface area contributed by atoms with Crippen LogP contribution in [0.3, 0.4) is 0 Å². The molecule has 0 bridgehead atoms. The van der Waals surface area contributed by atoms with Crippen LogP contribution in [0.2, 0.25) is 0 Å². The Labute approximate surface area is 81.9 Å². The highest BCUT2D eigenvalue weighted by molar-refractivity contribution is 5.91. The number of carbonyl (C=O) groups excluding carboxylic acids is 1. The summed E-state index contributed by atoms with van der Waals surface area (Å²) in [6.45, 7) is 1.37. The minimum Gasteiger partial charge on any atom is -0.438 e. The maximum atomic E-state index is 11.7. The second-order valence-corrected chi connectivity index (χ2v) is 3.52. The Hall–Kier alpha value is -1.36. The quantitative estimate of drug-likeness (QED) is 0.696. The first kappa shape index (κ1) is 9.21. The number of nitrogens with two attached hydrogens (primary N) is 1. The molecule has 1 unspecified atom stereocenters. The summed E-state index contributed by atoms with van der Waals surface area (Å²) >= 11 is 0. The van der Waals surface area contributed by atoms with Gasteiger partial charge in [-0.1, -0.05) is 0 Å². The van der Waals surface area contributed by atoms with Gasteiger partial charge in [-0.15, -0.1) is 0 Å². The molecule has 1 atom stereocenters. The van der Waals surface area contributed by atoms with E-state index >= 15 is 0 Å². The first-order chi connectivity index (χ1) is 6.77. The standard InChI is InChI=1S/C9H13N3O2/c10-7-2-1-3-12(5-7)9(13)8-4-11-6-14-8/h4,6-7H,1-3,5,10H2. The van der Waals surface area contributed by atoms with E-state index < -0.39 is 0 Å². The number of nitrogens with zero attached hydrogens (tertiary/aromatic N) is 2. The van der Waals surface area contributed by atoms with Crippen LogP contribution in [0.25, 0.3) is 0 Å². The van der Waals surface area contributed by atoms with E-state index in [1.807, 2.05) is 0 Å². The van der Waals surface area contributed by atoms with Crippen LogP contribution >= 0.6 is 0 Å². The molecule has 5 heteroatoms. The number of hydrogen-bond acceptors (Lipinski definition) is 4. The van der Waals surface area contributed by atoms with Crippen LogP contribution in [0, 0.1) is 0 Å². The largest absolute Gasteiger partial charge is 0.438 e. The van der Waals surface area contributed by atoms with Crippen molar-refractivity contribution < 1.29 is 9.21 Å². The molecule has 2 heterocycles. The van der Waals surface area contributed by atoms with E-state index in [9.17, 15) is 4.79 Å². The Bertz CT molecular complexity index is 310. The Kier molecular flexibility index (Phi) is 2.49. The van der Waals surface area contributed by atoms with Gasteiger partial charge in [-0.25, -0.2) is 4.98 Å². The molecule has 2 rings (SSSR count). The number of carbonyl (C=O) groups is 1. The number of rotatable bonds is 1. The first-order valence-electron chi connectivity index (χ1n) is 4.70. The highest BCUT2D eigenvalue weighted by Gasteiger charge is 2.23. The van der Waals surface area contributed by atoms with Crippen molar-refractivity contribution in [3.8, 4) is 0 Å². The maximum absolute atomic E-state index is 11.7. The van der Waals surface area contributed by atoms with E-state index in [-0.39, 0.29) is 11.9 Å². The van der Waals surface area contributed by atoms with Gasteiger partial charge in [-0.3, -0.25) is 4.79 Å². The van der Waals surface area contributed by atoms with Gasteiger partial charge in [-0.2, -0.15) is 0 Å². The monoisotopic (exact) mass is 195 g/mol. The molecular weight excluding hydrogens is 182 g/mol. The van der Waals surface area contributed by atoms with Crippen molar-refractivity contribution in [2.45, 2.75) is 18.9 Å². The smallest absolute Gasteiger partial charge is 0.291 e. The topological polar surface area (TPSA) is 72.4 Å². The van der Waals surface area contributed by atoms with Gasteiger partial charge in [0.05, 0.1) is 6.20 Å². The lowest BCUT2D eigenvalue weighted by atomic mass is 10.1. The van der Waals surface area contributed by atoms with Gasteiger partial charge in [-0.05, 0) is 12.8 Å². The molecule has 1 aromatic rings. The molecule has 76 valence electrons. The fourth-order valence-electron chi connectivity index (χ4n) is 1.67. The van der Waals surface area contributed by atoms with Crippen LogP contribution in [0.5, 0.6) is 0 Å². The molecule has 1 aliphatic rings. The molecule has 1 aromatic heterocycles. The highest BCUT2D eigenvalue weighted by atomic mass is 16.3. The Balaban J connectivity index is 2.04.